The first-order valence-corrected chi connectivity index (χ1v) is 11.6. The van der Waals surface area contributed by atoms with E-state index >= 15 is 0 Å². The van der Waals surface area contributed by atoms with Crippen LogP contribution in [0.2, 0.25) is 0 Å². The smallest absolute Gasteiger partial charge is 0.255 e. The minimum absolute atomic E-state index is 0.207. The number of aryl methyl sites for hydroxylation is 1. The van der Waals surface area contributed by atoms with Gasteiger partial charge in [-0.1, -0.05) is 66.2 Å². The van der Waals surface area contributed by atoms with E-state index < -0.39 is 17.6 Å². The number of amides is 2. The predicted octanol–water partition coefficient (Wildman–Crippen LogP) is 5.62. The molecule has 0 radical (unpaired) electrons. The molecule has 0 saturated carbocycles. The molecular weight excluding hydrogens is 422 g/mol. The van der Waals surface area contributed by atoms with Crippen molar-refractivity contribution in [3.05, 3.63) is 101 Å². The molecule has 2 amide bonds. The molecule has 1 aliphatic heterocycles. The van der Waals surface area contributed by atoms with Crippen LogP contribution in [0, 0.1) is 6.92 Å². The van der Waals surface area contributed by atoms with E-state index in [4.69, 9.17) is 4.99 Å². The Labute approximate surface area is 201 Å². The van der Waals surface area contributed by atoms with Gasteiger partial charge in [-0.25, -0.2) is 0 Å². The summed E-state index contributed by atoms with van der Waals surface area (Å²) in [5.41, 5.74) is 4.23. The van der Waals surface area contributed by atoms with Crippen LogP contribution in [-0.4, -0.2) is 34.0 Å². The number of hydrogen-bond acceptors (Lipinski definition) is 3. The van der Waals surface area contributed by atoms with Crippen LogP contribution < -0.4 is 5.32 Å². The molecule has 0 spiro atoms. The summed E-state index contributed by atoms with van der Waals surface area (Å²) >= 11 is 0. The summed E-state index contributed by atoms with van der Waals surface area (Å²) in [6.45, 7) is 9.75. The van der Waals surface area contributed by atoms with Gasteiger partial charge in [0.05, 0.1) is 17.4 Å². The molecule has 2 unspecified atom stereocenters. The molecule has 0 aromatic heterocycles. The standard InChI is InChI=1S/C29H31N3O2/c1-19-15-17-22(18-16-19)28(34)32-20(2)25(21-11-7-6-8-12-21)30-24-14-10-9-13-23(24)26(32)27(33)31-29(3,4)5/h6-18,20,26H,1-5H3,(H,31,33). The van der Waals surface area contributed by atoms with Gasteiger partial charge in [-0.15, -0.1) is 0 Å². The highest BCUT2D eigenvalue weighted by molar-refractivity contribution is 6.10. The van der Waals surface area contributed by atoms with Gasteiger partial charge in [-0.05, 0) is 58.4 Å². The Morgan fingerprint density at radius 1 is 0.882 bits per heavy atom. The highest BCUT2D eigenvalue weighted by Gasteiger charge is 2.41. The fourth-order valence-corrected chi connectivity index (χ4v) is 4.31. The van der Waals surface area contributed by atoms with Crippen LogP contribution in [0.15, 0.2) is 83.9 Å². The number of benzene rings is 3. The Hall–Kier alpha value is -3.73. The molecule has 1 aliphatic rings. The number of nitrogens with zero attached hydrogens (tertiary/aromatic N) is 2. The van der Waals surface area contributed by atoms with Crippen LogP contribution in [0.25, 0.3) is 0 Å². The van der Waals surface area contributed by atoms with Crippen molar-refractivity contribution in [1.82, 2.24) is 10.2 Å². The van der Waals surface area contributed by atoms with Crippen molar-refractivity contribution < 1.29 is 9.59 Å². The zero-order valence-corrected chi connectivity index (χ0v) is 20.4. The van der Waals surface area contributed by atoms with Crippen LogP contribution in [0.5, 0.6) is 0 Å². The van der Waals surface area contributed by atoms with Crippen LogP contribution in [0.1, 0.15) is 60.8 Å². The van der Waals surface area contributed by atoms with E-state index in [1.807, 2.05) is 113 Å². The van der Waals surface area contributed by atoms with E-state index in [2.05, 4.69) is 5.32 Å². The summed E-state index contributed by atoms with van der Waals surface area (Å²) in [4.78, 5) is 34.5. The summed E-state index contributed by atoms with van der Waals surface area (Å²) in [5, 5.41) is 3.09. The Kier molecular flexibility index (Phi) is 6.38. The zero-order chi connectivity index (χ0) is 24.5. The van der Waals surface area contributed by atoms with Gasteiger partial charge >= 0.3 is 0 Å². The second-order valence-corrected chi connectivity index (χ2v) is 9.82. The average molecular weight is 454 g/mol. The molecule has 3 aromatic rings. The lowest BCUT2D eigenvalue weighted by molar-refractivity contribution is -0.127. The molecule has 1 N–H and O–H groups in total. The van der Waals surface area contributed by atoms with E-state index in [0.29, 0.717) is 16.8 Å². The molecule has 0 aliphatic carbocycles. The van der Waals surface area contributed by atoms with Gasteiger partial charge in [0.2, 0.25) is 5.91 Å². The fourth-order valence-electron chi connectivity index (χ4n) is 4.31. The highest BCUT2D eigenvalue weighted by atomic mass is 16.2. The van der Waals surface area contributed by atoms with Crippen molar-refractivity contribution in [2.75, 3.05) is 0 Å². The molecule has 0 bridgehead atoms. The quantitative estimate of drug-likeness (QED) is 0.560. The highest BCUT2D eigenvalue weighted by Crippen LogP contribution is 2.37. The molecule has 5 nitrogen and oxygen atoms in total. The molecular formula is C29H31N3O2. The third-order valence-corrected chi connectivity index (χ3v) is 5.91. The second-order valence-electron chi connectivity index (χ2n) is 9.82. The Morgan fingerprint density at radius 3 is 2.15 bits per heavy atom. The summed E-state index contributed by atoms with van der Waals surface area (Å²) in [5.74, 6) is -0.432. The molecule has 2 atom stereocenters. The van der Waals surface area contributed by atoms with Crippen molar-refractivity contribution in [2.45, 2.75) is 52.2 Å². The Morgan fingerprint density at radius 2 is 1.50 bits per heavy atom. The first-order chi connectivity index (χ1) is 16.2. The molecule has 174 valence electrons. The first-order valence-electron chi connectivity index (χ1n) is 11.6. The fraction of sp³-hybridized carbons (Fsp3) is 0.276. The van der Waals surface area contributed by atoms with Gasteiger partial charge in [0, 0.05) is 16.7 Å². The van der Waals surface area contributed by atoms with Crippen molar-refractivity contribution in [3.8, 4) is 0 Å². The number of para-hydroxylation sites is 1. The van der Waals surface area contributed by atoms with E-state index in [0.717, 1.165) is 16.8 Å². The average Bonchev–Trinajstić information content (AvgIpc) is 2.93. The zero-order valence-electron chi connectivity index (χ0n) is 20.4. The molecule has 1 heterocycles. The third-order valence-electron chi connectivity index (χ3n) is 5.91. The summed E-state index contributed by atoms with van der Waals surface area (Å²) in [6, 6.07) is 23.6. The summed E-state index contributed by atoms with van der Waals surface area (Å²) in [7, 11) is 0. The number of carbonyl (C=O) groups excluding carboxylic acids is 2. The van der Waals surface area contributed by atoms with E-state index in [9.17, 15) is 9.59 Å². The third kappa shape index (κ3) is 4.79. The maximum absolute atomic E-state index is 14.0. The number of hydrogen-bond donors (Lipinski definition) is 1. The molecule has 34 heavy (non-hydrogen) atoms. The lowest BCUT2D eigenvalue weighted by atomic mass is 9.96. The monoisotopic (exact) mass is 453 g/mol. The van der Waals surface area contributed by atoms with Crippen molar-refractivity contribution in [2.24, 2.45) is 4.99 Å². The molecule has 3 aromatic carbocycles. The Balaban J connectivity index is 1.92. The second kappa shape index (κ2) is 9.26. The van der Waals surface area contributed by atoms with Crippen molar-refractivity contribution >= 4 is 23.2 Å². The Bertz CT molecular complexity index is 1220. The van der Waals surface area contributed by atoms with Crippen LogP contribution in [0.4, 0.5) is 5.69 Å². The number of aliphatic imine (C=N–C) groups is 1. The maximum atomic E-state index is 14.0. The minimum Gasteiger partial charge on any atom is -0.349 e. The first kappa shape index (κ1) is 23.4. The van der Waals surface area contributed by atoms with Crippen molar-refractivity contribution in [1.29, 1.82) is 0 Å². The number of fused-ring (bicyclic) bond motifs is 1. The lowest BCUT2D eigenvalue weighted by Crippen LogP contribution is -2.52. The SMILES string of the molecule is Cc1ccc(C(=O)N2C(C)C(c3ccccc3)=Nc3ccccc3C2C(=O)NC(C)(C)C)cc1. The number of rotatable bonds is 3. The normalized spacial score (nSPS) is 17.9. The van der Waals surface area contributed by atoms with E-state index in [1.54, 1.807) is 4.90 Å². The van der Waals surface area contributed by atoms with Crippen LogP contribution >= 0.6 is 0 Å². The maximum Gasteiger partial charge on any atom is 0.255 e. The van der Waals surface area contributed by atoms with Gasteiger partial charge in [0.1, 0.15) is 6.04 Å². The van der Waals surface area contributed by atoms with Gasteiger partial charge in [0.25, 0.3) is 5.91 Å². The predicted molar refractivity (Wildman–Crippen MR) is 137 cm³/mol. The molecule has 4 rings (SSSR count). The van der Waals surface area contributed by atoms with Gasteiger partial charge in [-0.3, -0.25) is 14.6 Å². The van der Waals surface area contributed by atoms with E-state index in [-0.39, 0.29) is 11.8 Å². The van der Waals surface area contributed by atoms with Crippen molar-refractivity contribution in [3.63, 3.8) is 0 Å². The van der Waals surface area contributed by atoms with Crippen LogP contribution in [-0.2, 0) is 4.79 Å². The summed E-state index contributed by atoms with van der Waals surface area (Å²) in [6.07, 6.45) is 0. The van der Waals surface area contributed by atoms with Gasteiger partial charge < -0.3 is 10.2 Å². The largest absolute Gasteiger partial charge is 0.349 e. The number of carbonyl (C=O) groups is 2. The van der Waals surface area contributed by atoms with Gasteiger partial charge in [0.15, 0.2) is 0 Å². The molecule has 0 saturated heterocycles. The lowest BCUT2D eigenvalue weighted by Gasteiger charge is -2.36. The summed E-state index contributed by atoms with van der Waals surface area (Å²) < 4.78 is 0. The van der Waals surface area contributed by atoms with Gasteiger partial charge in [-0.2, -0.15) is 0 Å². The van der Waals surface area contributed by atoms with E-state index in [1.165, 1.54) is 0 Å². The molecule has 0 fully saturated rings. The molecule has 5 heteroatoms. The number of nitrogens with one attached hydrogen (secondary N) is 1. The topological polar surface area (TPSA) is 61.8 Å². The minimum atomic E-state index is -0.829. The van der Waals surface area contributed by atoms with Crippen LogP contribution in [0.3, 0.4) is 0 Å².